The van der Waals surface area contributed by atoms with Crippen molar-refractivity contribution in [2.45, 2.75) is 44.7 Å². The molecule has 2 aliphatic rings. The number of nitrogens with zero attached hydrogens (tertiary/aromatic N) is 3. The molecule has 3 nitrogen and oxygen atoms in total. The third-order valence-electron chi connectivity index (χ3n) is 6.63. The summed E-state index contributed by atoms with van der Waals surface area (Å²) >= 11 is 0. The number of para-hydroxylation sites is 3. The second-order valence-corrected chi connectivity index (χ2v) is 9.01. The minimum atomic E-state index is -0.122. The van der Waals surface area contributed by atoms with Crippen molar-refractivity contribution in [1.29, 1.82) is 0 Å². The summed E-state index contributed by atoms with van der Waals surface area (Å²) < 4.78 is 0. The van der Waals surface area contributed by atoms with E-state index in [1.807, 2.05) is 0 Å². The fourth-order valence-corrected chi connectivity index (χ4v) is 5.43. The molecule has 0 saturated carbocycles. The Balaban J connectivity index is 1.74. The maximum atomic E-state index is 2.72. The van der Waals surface area contributed by atoms with Gasteiger partial charge in [-0.05, 0) is 75.7 Å². The monoisotopic (exact) mass is 397 g/mol. The lowest BCUT2D eigenvalue weighted by Gasteiger charge is -2.58. The lowest BCUT2D eigenvalue weighted by molar-refractivity contribution is 0.103. The molecule has 2 aliphatic heterocycles. The highest BCUT2D eigenvalue weighted by Gasteiger charge is 2.48. The fraction of sp³-hybridized carbons (Fsp3) is 0.333. The molecule has 0 spiro atoms. The number of benzene rings is 3. The van der Waals surface area contributed by atoms with Gasteiger partial charge in [0.1, 0.15) is 0 Å². The van der Waals surface area contributed by atoms with E-state index in [1.165, 1.54) is 55.0 Å². The molecule has 2 heterocycles. The maximum absolute atomic E-state index is 2.72. The SMILES string of the molecule is CC1(C)C(N2CCCCC2)c2ccccc2N(c2ccccc2)N1c1ccccc1. The van der Waals surface area contributed by atoms with Gasteiger partial charge < -0.3 is 0 Å². The molecule has 3 aromatic rings. The van der Waals surface area contributed by atoms with Crippen molar-refractivity contribution in [1.82, 2.24) is 4.90 Å². The molecule has 5 rings (SSSR count). The third-order valence-corrected chi connectivity index (χ3v) is 6.63. The van der Waals surface area contributed by atoms with Crippen molar-refractivity contribution in [3.05, 3.63) is 90.5 Å². The van der Waals surface area contributed by atoms with Gasteiger partial charge in [0.15, 0.2) is 0 Å². The minimum Gasteiger partial charge on any atom is -0.294 e. The normalized spacial score (nSPS) is 21.3. The highest BCUT2D eigenvalue weighted by atomic mass is 15.7. The van der Waals surface area contributed by atoms with E-state index in [0.29, 0.717) is 6.04 Å². The Morgan fingerprint density at radius 3 is 1.90 bits per heavy atom. The van der Waals surface area contributed by atoms with E-state index in [-0.39, 0.29) is 5.54 Å². The van der Waals surface area contributed by atoms with Crippen LogP contribution >= 0.6 is 0 Å². The van der Waals surface area contributed by atoms with Crippen LogP contribution in [0.3, 0.4) is 0 Å². The van der Waals surface area contributed by atoms with Crippen LogP contribution in [0.2, 0.25) is 0 Å². The number of likely N-dealkylation sites (tertiary alicyclic amines) is 1. The van der Waals surface area contributed by atoms with Crippen LogP contribution in [0.1, 0.15) is 44.7 Å². The topological polar surface area (TPSA) is 9.72 Å². The zero-order valence-electron chi connectivity index (χ0n) is 18.0. The molecular formula is C27H31N3. The first kappa shape index (κ1) is 19.2. The van der Waals surface area contributed by atoms with Crippen molar-refractivity contribution >= 4 is 17.1 Å². The summed E-state index contributed by atoms with van der Waals surface area (Å²) in [6.07, 6.45) is 3.94. The van der Waals surface area contributed by atoms with Crippen molar-refractivity contribution in [2.24, 2.45) is 0 Å². The molecule has 0 bridgehead atoms. The van der Waals surface area contributed by atoms with Gasteiger partial charge in [-0.15, -0.1) is 0 Å². The number of piperidine rings is 1. The van der Waals surface area contributed by atoms with E-state index in [0.717, 1.165) is 0 Å². The molecule has 1 atom stereocenters. The van der Waals surface area contributed by atoms with E-state index >= 15 is 0 Å². The lowest BCUT2D eigenvalue weighted by atomic mass is 9.82. The molecule has 1 saturated heterocycles. The summed E-state index contributed by atoms with van der Waals surface area (Å²) in [5, 5.41) is 4.94. The molecule has 0 aromatic heterocycles. The molecule has 30 heavy (non-hydrogen) atoms. The second-order valence-electron chi connectivity index (χ2n) is 9.01. The predicted molar refractivity (Wildman–Crippen MR) is 126 cm³/mol. The number of rotatable bonds is 3. The Kier molecular flexibility index (Phi) is 5.00. The largest absolute Gasteiger partial charge is 0.294 e. The summed E-state index contributed by atoms with van der Waals surface area (Å²) in [6, 6.07) is 31.0. The van der Waals surface area contributed by atoms with Crippen LogP contribution in [-0.2, 0) is 0 Å². The lowest BCUT2D eigenvalue weighted by Crippen LogP contribution is -2.63. The van der Waals surface area contributed by atoms with E-state index in [9.17, 15) is 0 Å². The van der Waals surface area contributed by atoms with Gasteiger partial charge in [0.25, 0.3) is 0 Å². The van der Waals surface area contributed by atoms with Gasteiger partial charge in [0.05, 0.1) is 28.6 Å². The molecule has 1 fully saturated rings. The maximum Gasteiger partial charge on any atom is 0.0759 e. The molecule has 0 N–H and O–H groups in total. The molecule has 0 aliphatic carbocycles. The quantitative estimate of drug-likeness (QED) is 0.495. The van der Waals surface area contributed by atoms with Crippen LogP contribution in [0, 0.1) is 0 Å². The van der Waals surface area contributed by atoms with Crippen molar-refractivity contribution in [2.75, 3.05) is 23.1 Å². The molecule has 3 aromatic carbocycles. The van der Waals surface area contributed by atoms with Gasteiger partial charge >= 0.3 is 0 Å². The zero-order valence-corrected chi connectivity index (χ0v) is 18.0. The molecule has 154 valence electrons. The Morgan fingerprint density at radius 1 is 0.667 bits per heavy atom. The van der Waals surface area contributed by atoms with Crippen molar-refractivity contribution in [3.63, 3.8) is 0 Å². The first-order chi connectivity index (χ1) is 14.7. The van der Waals surface area contributed by atoms with Crippen LogP contribution in [0.5, 0.6) is 0 Å². The number of hydrogen-bond acceptors (Lipinski definition) is 3. The molecule has 0 radical (unpaired) electrons. The first-order valence-corrected chi connectivity index (χ1v) is 11.2. The smallest absolute Gasteiger partial charge is 0.0759 e. The van der Waals surface area contributed by atoms with E-state index in [1.54, 1.807) is 0 Å². The number of fused-ring (bicyclic) bond motifs is 1. The molecule has 1 unspecified atom stereocenters. The van der Waals surface area contributed by atoms with Gasteiger partial charge in [-0.1, -0.05) is 61.0 Å². The van der Waals surface area contributed by atoms with Gasteiger partial charge in [0.2, 0.25) is 0 Å². The van der Waals surface area contributed by atoms with Gasteiger partial charge in [-0.2, -0.15) is 0 Å². The summed E-state index contributed by atoms with van der Waals surface area (Å²) in [5.41, 5.74) is 5.01. The van der Waals surface area contributed by atoms with Gasteiger partial charge in [-0.3, -0.25) is 14.9 Å². The second kappa shape index (κ2) is 7.81. The van der Waals surface area contributed by atoms with Gasteiger partial charge in [-0.25, -0.2) is 0 Å². The van der Waals surface area contributed by atoms with Crippen LogP contribution in [-0.4, -0.2) is 23.5 Å². The average molecular weight is 398 g/mol. The van der Waals surface area contributed by atoms with Crippen molar-refractivity contribution < 1.29 is 0 Å². The minimum absolute atomic E-state index is 0.122. The Labute approximate surface area is 180 Å². The number of hydrazine groups is 1. The number of anilines is 3. The summed E-state index contributed by atoms with van der Waals surface area (Å²) in [7, 11) is 0. The van der Waals surface area contributed by atoms with E-state index in [4.69, 9.17) is 0 Å². The summed E-state index contributed by atoms with van der Waals surface area (Å²) in [5.74, 6) is 0. The standard InChI is InChI=1S/C27H31N3/c1-27(2)26(28-20-12-5-13-21-28)24-18-10-11-19-25(24)29(22-14-6-3-7-15-22)30(27)23-16-8-4-9-17-23/h3-4,6-11,14-19,26H,5,12-13,20-21H2,1-2H3. The molecule has 0 amide bonds. The highest BCUT2D eigenvalue weighted by Crippen LogP contribution is 2.51. The van der Waals surface area contributed by atoms with Crippen LogP contribution < -0.4 is 10.0 Å². The van der Waals surface area contributed by atoms with Gasteiger partial charge in [0, 0.05) is 0 Å². The number of hydrogen-bond donors (Lipinski definition) is 0. The third kappa shape index (κ3) is 3.18. The molecule has 3 heteroatoms. The van der Waals surface area contributed by atoms with Crippen LogP contribution in [0.4, 0.5) is 17.1 Å². The predicted octanol–water partition coefficient (Wildman–Crippen LogP) is 6.57. The van der Waals surface area contributed by atoms with Crippen LogP contribution in [0.15, 0.2) is 84.9 Å². The Hall–Kier alpha value is -2.78. The first-order valence-electron chi connectivity index (χ1n) is 11.2. The molecular weight excluding hydrogens is 366 g/mol. The summed E-state index contributed by atoms with van der Waals surface area (Å²) in [6.45, 7) is 7.17. The Morgan fingerprint density at radius 2 is 1.23 bits per heavy atom. The average Bonchev–Trinajstić information content (AvgIpc) is 2.79. The van der Waals surface area contributed by atoms with Crippen LogP contribution in [0.25, 0.3) is 0 Å². The van der Waals surface area contributed by atoms with E-state index in [2.05, 4.69) is 114 Å². The highest BCUT2D eigenvalue weighted by molar-refractivity contribution is 5.76. The van der Waals surface area contributed by atoms with Crippen molar-refractivity contribution in [3.8, 4) is 0 Å². The van der Waals surface area contributed by atoms with E-state index < -0.39 is 0 Å². The summed E-state index contributed by atoms with van der Waals surface area (Å²) in [4.78, 5) is 2.72. The Bertz CT molecular complexity index is 977. The zero-order chi connectivity index (χ0) is 20.6. The fourth-order valence-electron chi connectivity index (χ4n) is 5.43.